The Bertz CT molecular complexity index is 1020. The summed E-state index contributed by atoms with van der Waals surface area (Å²) in [4.78, 5) is 0.257. The molecule has 4 rings (SSSR count). The third-order valence-electron chi connectivity index (χ3n) is 4.74. The van der Waals surface area contributed by atoms with Gasteiger partial charge in [-0.3, -0.25) is 0 Å². The molecule has 2 aliphatic rings. The van der Waals surface area contributed by atoms with Gasteiger partial charge in [0.15, 0.2) is 0 Å². The second kappa shape index (κ2) is 5.86. The topological polar surface area (TPSA) is 59.3 Å². The molecule has 1 heterocycles. The lowest BCUT2D eigenvalue weighted by Gasteiger charge is -2.16. The smallest absolute Gasteiger partial charge is 0.267 e. The summed E-state index contributed by atoms with van der Waals surface area (Å²) in [6.07, 6.45) is 11.8. The standard InChI is InChI=1S/C20H19NO3S/c1-14-5-9-18(10-6-14)25(23,24)21-12-16-8-7-15-3-2-4-19(15)20(22)11-17(16)13-21/h3-10,12-13,20,22H,2,11H2,1H3. The number of hydrogen-bond acceptors (Lipinski definition) is 3. The molecule has 0 amide bonds. The number of aromatic nitrogens is 1. The molecule has 25 heavy (non-hydrogen) atoms. The predicted octanol–water partition coefficient (Wildman–Crippen LogP) is 3.22. The maximum Gasteiger partial charge on any atom is 0.267 e. The molecule has 0 spiro atoms. The van der Waals surface area contributed by atoms with Gasteiger partial charge >= 0.3 is 0 Å². The van der Waals surface area contributed by atoms with Crippen molar-refractivity contribution in [2.24, 2.45) is 0 Å². The van der Waals surface area contributed by atoms with Crippen molar-refractivity contribution in [3.63, 3.8) is 0 Å². The number of nitrogens with zero attached hydrogens (tertiary/aromatic N) is 1. The van der Waals surface area contributed by atoms with Gasteiger partial charge in [0.1, 0.15) is 0 Å². The fourth-order valence-corrected chi connectivity index (χ4v) is 4.56. The lowest BCUT2D eigenvalue weighted by Crippen LogP contribution is -2.15. The molecule has 1 unspecified atom stereocenters. The molecule has 4 nitrogen and oxygen atoms in total. The van der Waals surface area contributed by atoms with Crippen LogP contribution in [0.25, 0.3) is 6.08 Å². The van der Waals surface area contributed by atoms with Crippen LogP contribution >= 0.6 is 0 Å². The van der Waals surface area contributed by atoms with Crippen molar-refractivity contribution in [2.45, 2.75) is 30.8 Å². The Kier molecular flexibility index (Phi) is 3.78. The molecule has 1 aromatic carbocycles. The summed E-state index contributed by atoms with van der Waals surface area (Å²) in [5.74, 6) is 0. The van der Waals surface area contributed by atoms with Crippen LogP contribution in [0.1, 0.15) is 23.1 Å². The molecule has 0 saturated carbocycles. The second-order valence-electron chi connectivity index (χ2n) is 6.49. The van der Waals surface area contributed by atoms with E-state index in [2.05, 4.69) is 6.08 Å². The first-order valence-electron chi connectivity index (χ1n) is 8.25. The van der Waals surface area contributed by atoms with E-state index in [1.54, 1.807) is 36.7 Å². The molecule has 128 valence electrons. The Morgan fingerprint density at radius 3 is 2.60 bits per heavy atom. The van der Waals surface area contributed by atoms with Crippen LogP contribution in [0.4, 0.5) is 0 Å². The predicted molar refractivity (Wildman–Crippen MR) is 97.7 cm³/mol. The number of fused-ring (bicyclic) bond motifs is 2. The summed E-state index contributed by atoms with van der Waals surface area (Å²) < 4.78 is 27.0. The molecule has 0 saturated heterocycles. The highest BCUT2D eigenvalue weighted by molar-refractivity contribution is 7.90. The number of aliphatic hydroxyl groups is 1. The monoisotopic (exact) mass is 353 g/mol. The van der Waals surface area contributed by atoms with E-state index < -0.39 is 16.1 Å². The number of allylic oxidation sites excluding steroid dienone is 3. The van der Waals surface area contributed by atoms with Crippen LogP contribution in [0.5, 0.6) is 0 Å². The van der Waals surface area contributed by atoms with E-state index in [0.29, 0.717) is 6.42 Å². The normalized spacial score (nSPS) is 19.5. The minimum absolute atomic E-state index is 0.257. The van der Waals surface area contributed by atoms with E-state index in [4.69, 9.17) is 0 Å². The first kappa shape index (κ1) is 16.1. The summed E-state index contributed by atoms with van der Waals surface area (Å²) in [6.45, 7) is 1.92. The second-order valence-corrected chi connectivity index (χ2v) is 8.34. The van der Waals surface area contributed by atoms with Gasteiger partial charge in [-0.05, 0) is 47.8 Å². The quantitative estimate of drug-likeness (QED) is 0.902. The van der Waals surface area contributed by atoms with Crippen molar-refractivity contribution < 1.29 is 13.5 Å². The maximum absolute atomic E-state index is 12.9. The Morgan fingerprint density at radius 1 is 1.08 bits per heavy atom. The molecular formula is C20H19NO3S. The van der Waals surface area contributed by atoms with Crippen molar-refractivity contribution in [1.82, 2.24) is 3.97 Å². The zero-order valence-corrected chi connectivity index (χ0v) is 14.7. The average Bonchev–Trinajstić information content (AvgIpc) is 3.19. The van der Waals surface area contributed by atoms with Crippen LogP contribution < -0.4 is 0 Å². The summed E-state index contributed by atoms with van der Waals surface area (Å²) in [5.41, 5.74) is 4.61. The zero-order chi connectivity index (χ0) is 17.6. The van der Waals surface area contributed by atoms with Gasteiger partial charge in [-0.15, -0.1) is 0 Å². The minimum atomic E-state index is -3.64. The van der Waals surface area contributed by atoms with Crippen LogP contribution in [0.2, 0.25) is 0 Å². The molecule has 1 N–H and O–H groups in total. The summed E-state index contributed by atoms with van der Waals surface area (Å²) in [5, 5.41) is 10.5. The van der Waals surface area contributed by atoms with Gasteiger partial charge in [0.25, 0.3) is 10.0 Å². The van der Waals surface area contributed by atoms with Crippen molar-refractivity contribution in [2.75, 3.05) is 0 Å². The minimum Gasteiger partial charge on any atom is -0.388 e. The molecular weight excluding hydrogens is 334 g/mol. The van der Waals surface area contributed by atoms with Gasteiger partial charge < -0.3 is 5.11 Å². The molecule has 2 aliphatic carbocycles. The van der Waals surface area contributed by atoms with Gasteiger partial charge in [0, 0.05) is 18.8 Å². The number of rotatable bonds is 2. The Labute approximate surface area is 147 Å². The first-order chi connectivity index (χ1) is 11.9. The molecule has 0 fully saturated rings. The van der Waals surface area contributed by atoms with Crippen molar-refractivity contribution in [1.29, 1.82) is 0 Å². The molecule has 1 aromatic heterocycles. The molecule has 0 radical (unpaired) electrons. The fourth-order valence-electron chi connectivity index (χ4n) is 3.32. The highest BCUT2D eigenvalue weighted by Crippen LogP contribution is 2.31. The van der Waals surface area contributed by atoms with Crippen LogP contribution in [-0.2, 0) is 16.4 Å². The van der Waals surface area contributed by atoms with E-state index >= 15 is 0 Å². The molecule has 5 heteroatoms. The van der Waals surface area contributed by atoms with E-state index in [0.717, 1.165) is 34.3 Å². The summed E-state index contributed by atoms with van der Waals surface area (Å²) in [7, 11) is -3.64. The first-order valence-corrected chi connectivity index (χ1v) is 9.69. The van der Waals surface area contributed by atoms with E-state index in [9.17, 15) is 13.5 Å². The number of aryl methyl sites for hydroxylation is 1. The van der Waals surface area contributed by atoms with E-state index in [1.807, 2.05) is 25.2 Å². The van der Waals surface area contributed by atoms with Gasteiger partial charge in [-0.25, -0.2) is 12.4 Å². The highest BCUT2D eigenvalue weighted by Gasteiger charge is 2.24. The highest BCUT2D eigenvalue weighted by atomic mass is 32.2. The molecule has 0 aliphatic heterocycles. The van der Waals surface area contributed by atoms with Crippen molar-refractivity contribution in [3.8, 4) is 0 Å². The van der Waals surface area contributed by atoms with Gasteiger partial charge in [-0.1, -0.05) is 42.0 Å². The number of aliphatic hydroxyl groups excluding tert-OH is 1. The molecule has 1 atom stereocenters. The van der Waals surface area contributed by atoms with E-state index in [-0.39, 0.29) is 4.90 Å². The Balaban J connectivity index is 1.77. The van der Waals surface area contributed by atoms with Gasteiger partial charge in [0.2, 0.25) is 0 Å². The third kappa shape index (κ3) is 2.79. The summed E-state index contributed by atoms with van der Waals surface area (Å²) in [6, 6.07) is 6.81. The molecule has 0 bridgehead atoms. The fraction of sp³-hybridized carbons (Fsp3) is 0.200. The van der Waals surface area contributed by atoms with E-state index in [1.165, 1.54) is 3.97 Å². The lowest BCUT2D eigenvalue weighted by atomic mass is 9.93. The van der Waals surface area contributed by atoms with Crippen molar-refractivity contribution >= 4 is 16.1 Å². The summed E-state index contributed by atoms with van der Waals surface area (Å²) >= 11 is 0. The Hall–Kier alpha value is -2.37. The van der Waals surface area contributed by atoms with Gasteiger partial charge in [0.05, 0.1) is 11.0 Å². The molecule has 2 aromatic rings. The third-order valence-corrected chi connectivity index (χ3v) is 6.37. The Morgan fingerprint density at radius 2 is 1.84 bits per heavy atom. The van der Waals surface area contributed by atoms with Crippen LogP contribution in [0, 0.1) is 6.92 Å². The van der Waals surface area contributed by atoms with Gasteiger partial charge in [-0.2, -0.15) is 0 Å². The van der Waals surface area contributed by atoms with Crippen molar-refractivity contribution in [3.05, 3.63) is 82.7 Å². The SMILES string of the molecule is Cc1ccc(S(=O)(=O)n2cc3c(c2)CC(O)C2=CCC=C2C=C3)cc1. The lowest BCUT2D eigenvalue weighted by molar-refractivity contribution is 0.214. The van der Waals surface area contributed by atoms with Crippen LogP contribution in [0.3, 0.4) is 0 Å². The maximum atomic E-state index is 12.9. The van der Waals surface area contributed by atoms with Crippen LogP contribution in [-0.4, -0.2) is 23.6 Å². The number of benzene rings is 1. The largest absolute Gasteiger partial charge is 0.388 e. The average molecular weight is 353 g/mol. The zero-order valence-electron chi connectivity index (χ0n) is 13.9. The number of hydrogen-bond donors (Lipinski definition) is 1. The van der Waals surface area contributed by atoms with Crippen LogP contribution in [0.15, 0.2) is 70.9 Å².